The summed E-state index contributed by atoms with van der Waals surface area (Å²) >= 11 is 1.93. The summed E-state index contributed by atoms with van der Waals surface area (Å²) in [6, 6.07) is 5.54. The highest BCUT2D eigenvalue weighted by molar-refractivity contribution is 7.99. The third kappa shape index (κ3) is 4.37. The van der Waals surface area contributed by atoms with E-state index in [1.54, 1.807) is 13.2 Å². The maximum absolute atomic E-state index is 14.1. The van der Waals surface area contributed by atoms with Gasteiger partial charge in [-0.25, -0.2) is 4.39 Å². The van der Waals surface area contributed by atoms with Gasteiger partial charge in [-0.2, -0.15) is 11.8 Å². The van der Waals surface area contributed by atoms with Crippen LogP contribution in [0, 0.1) is 5.82 Å². The van der Waals surface area contributed by atoms with Gasteiger partial charge in [0.15, 0.2) is 0 Å². The Bertz CT molecular complexity index is 397. The van der Waals surface area contributed by atoms with Crippen LogP contribution in [0.1, 0.15) is 5.56 Å². The molecular formula is C14H21FN2OS. The number of anilines is 1. The Hall–Kier alpha value is -0.780. The van der Waals surface area contributed by atoms with E-state index in [9.17, 15) is 4.39 Å². The number of thioether (sulfide) groups is 1. The topological polar surface area (TPSA) is 24.5 Å². The van der Waals surface area contributed by atoms with Crippen molar-refractivity contribution in [2.75, 3.05) is 49.8 Å². The molecule has 3 nitrogen and oxygen atoms in total. The summed E-state index contributed by atoms with van der Waals surface area (Å²) in [5.41, 5.74) is 1.71. The maximum Gasteiger partial charge on any atom is 0.146 e. The molecule has 1 aromatic rings. The zero-order valence-electron chi connectivity index (χ0n) is 11.3. The lowest BCUT2D eigenvalue weighted by atomic mass is 10.1. The minimum absolute atomic E-state index is 0.113. The molecule has 0 aromatic heterocycles. The number of methoxy groups -OCH3 is 1. The van der Waals surface area contributed by atoms with Crippen LogP contribution in [-0.2, 0) is 11.3 Å². The number of ether oxygens (including phenoxy) is 1. The van der Waals surface area contributed by atoms with Crippen molar-refractivity contribution in [3.05, 3.63) is 29.6 Å². The number of halogens is 1. The van der Waals surface area contributed by atoms with E-state index in [0.29, 0.717) is 13.2 Å². The lowest BCUT2D eigenvalue weighted by molar-refractivity contribution is 0.199. The molecule has 1 aliphatic heterocycles. The van der Waals surface area contributed by atoms with Gasteiger partial charge < -0.3 is 15.0 Å². The summed E-state index contributed by atoms with van der Waals surface area (Å²) in [5.74, 6) is 2.05. The van der Waals surface area contributed by atoms with Crippen LogP contribution in [0.3, 0.4) is 0 Å². The highest BCUT2D eigenvalue weighted by Gasteiger charge is 2.14. The zero-order chi connectivity index (χ0) is 13.5. The first kappa shape index (κ1) is 14.6. The second-order valence-electron chi connectivity index (χ2n) is 4.55. The van der Waals surface area contributed by atoms with Crippen molar-refractivity contribution in [3.63, 3.8) is 0 Å². The van der Waals surface area contributed by atoms with Crippen molar-refractivity contribution >= 4 is 17.4 Å². The molecule has 19 heavy (non-hydrogen) atoms. The van der Waals surface area contributed by atoms with Crippen LogP contribution in [-0.4, -0.2) is 44.9 Å². The van der Waals surface area contributed by atoms with Gasteiger partial charge in [-0.15, -0.1) is 0 Å². The van der Waals surface area contributed by atoms with Crippen LogP contribution in [0.25, 0.3) is 0 Å². The Balaban J connectivity index is 1.92. The van der Waals surface area contributed by atoms with E-state index in [-0.39, 0.29) is 5.82 Å². The first-order valence-electron chi connectivity index (χ1n) is 6.62. The Kier molecular flexibility index (Phi) is 5.94. The normalized spacial score (nSPS) is 15.8. The molecule has 2 rings (SSSR count). The molecule has 0 spiro atoms. The van der Waals surface area contributed by atoms with Crippen molar-refractivity contribution in [2.24, 2.45) is 0 Å². The summed E-state index contributed by atoms with van der Waals surface area (Å²) in [5, 5.41) is 3.22. The van der Waals surface area contributed by atoms with E-state index >= 15 is 0 Å². The number of rotatable bonds is 6. The lowest BCUT2D eigenvalue weighted by Gasteiger charge is -2.29. The molecule has 0 radical (unpaired) electrons. The second-order valence-corrected chi connectivity index (χ2v) is 5.78. The number of hydrogen-bond donors (Lipinski definition) is 1. The van der Waals surface area contributed by atoms with Crippen LogP contribution < -0.4 is 10.2 Å². The lowest BCUT2D eigenvalue weighted by Crippen LogP contribution is -2.33. The molecule has 1 fully saturated rings. The fourth-order valence-corrected chi connectivity index (χ4v) is 3.03. The van der Waals surface area contributed by atoms with Crippen molar-refractivity contribution in [2.45, 2.75) is 6.54 Å². The van der Waals surface area contributed by atoms with Gasteiger partial charge in [-0.3, -0.25) is 0 Å². The highest BCUT2D eigenvalue weighted by atomic mass is 32.2. The third-order valence-electron chi connectivity index (χ3n) is 3.18. The van der Waals surface area contributed by atoms with Crippen LogP contribution in [0.4, 0.5) is 10.1 Å². The van der Waals surface area contributed by atoms with Crippen molar-refractivity contribution in [3.8, 4) is 0 Å². The van der Waals surface area contributed by atoms with Gasteiger partial charge in [-0.1, -0.05) is 6.07 Å². The Morgan fingerprint density at radius 3 is 2.84 bits per heavy atom. The number of benzene rings is 1. The molecule has 0 unspecified atom stereocenters. The summed E-state index contributed by atoms with van der Waals surface area (Å²) in [7, 11) is 1.67. The molecule has 0 amide bonds. The van der Waals surface area contributed by atoms with Crippen molar-refractivity contribution in [1.29, 1.82) is 0 Å². The van der Waals surface area contributed by atoms with E-state index in [1.165, 1.54) is 0 Å². The monoisotopic (exact) mass is 284 g/mol. The van der Waals surface area contributed by atoms with Gasteiger partial charge in [-0.05, 0) is 17.7 Å². The summed E-state index contributed by atoms with van der Waals surface area (Å²) in [6.07, 6.45) is 0. The predicted molar refractivity (Wildman–Crippen MR) is 79.5 cm³/mol. The molecule has 0 saturated carbocycles. The molecule has 1 aromatic carbocycles. The molecule has 1 saturated heterocycles. The first-order chi connectivity index (χ1) is 9.31. The van der Waals surface area contributed by atoms with Crippen LogP contribution in [0.2, 0.25) is 0 Å². The smallest absolute Gasteiger partial charge is 0.146 e. The van der Waals surface area contributed by atoms with Crippen molar-refractivity contribution in [1.82, 2.24) is 5.32 Å². The summed E-state index contributed by atoms with van der Waals surface area (Å²) < 4.78 is 19.1. The van der Waals surface area contributed by atoms with E-state index in [0.717, 1.165) is 42.4 Å². The molecule has 1 aliphatic rings. The fourth-order valence-electron chi connectivity index (χ4n) is 2.13. The van der Waals surface area contributed by atoms with Crippen molar-refractivity contribution < 1.29 is 9.13 Å². The van der Waals surface area contributed by atoms with Gasteiger partial charge in [0.2, 0.25) is 0 Å². The molecule has 5 heteroatoms. The van der Waals surface area contributed by atoms with Crippen LogP contribution >= 0.6 is 11.8 Å². The molecule has 0 aliphatic carbocycles. The Morgan fingerprint density at radius 1 is 1.37 bits per heavy atom. The Morgan fingerprint density at radius 2 is 2.16 bits per heavy atom. The van der Waals surface area contributed by atoms with Gasteiger partial charge in [0.25, 0.3) is 0 Å². The van der Waals surface area contributed by atoms with E-state index in [1.807, 2.05) is 23.9 Å². The van der Waals surface area contributed by atoms with E-state index in [2.05, 4.69) is 10.2 Å². The molecule has 0 atom stereocenters. The fraction of sp³-hybridized carbons (Fsp3) is 0.571. The van der Waals surface area contributed by atoms with E-state index in [4.69, 9.17) is 4.74 Å². The average Bonchev–Trinajstić information content (AvgIpc) is 2.45. The third-order valence-corrected chi connectivity index (χ3v) is 4.12. The first-order valence-corrected chi connectivity index (χ1v) is 7.77. The maximum atomic E-state index is 14.1. The number of hydrogen-bond acceptors (Lipinski definition) is 4. The number of nitrogens with zero attached hydrogens (tertiary/aromatic N) is 1. The second kappa shape index (κ2) is 7.72. The molecule has 106 valence electrons. The molecular weight excluding hydrogens is 263 g/mol. The minimum Gasteiger partial charge on any atom is -0.383 e. The summed E-state index contributed by atoms with van der Waals surface area (Å²) in [6.45, 7) is 4.01. The van der Waals surface area contributed by atoms with Gasteiger partial charge >= 0.3 is 0 Å². The molecule has 1 heterocycles. The predicted octanol–water partition coefficient (Wildman–Crippen LogP) is 2.11. The van der Waals surface area contributed by atoms with Gasteiger partial charge in [0.05, 0.1) is 12.3 Å². The highest BCUT2D eigenvalue weighted by Crippen LogP contribution is 2.23. The Labute approximate surface area is 118 Å². The van der Waals surface area contributed by atoms with E-state index < -0.39 is 0 Å². The number of nitrogens with one attached hydrogen (secondary N) is 1. The van der Waals surface area contributed by atoms with Gasteiger partial charge in [0.1, 0.15) is 5.82 Å². The van der Waals surface area contributed by atoms with Crippen LogP contribution in [0.15, 0.2) is 18.2 Å². The standard InChI is InChI=1S/C14H21FN2OS/c1-18-7-4-16-11-12-2-3-14(13(15)10-12)17-5-8-19-9-6-17/h2-3,10,16H,4-9,11H2,1H3. The zero-order valence-corrected chi connectivity index (χ0v) is 12.1. The van der Waals surface area contributed by atoms with Crippen LogP contribution in [0.5, 0.6) is 0 Å². The molecule has 0 bridgehead atoms. The summed E-state index contributed by atoms with van der Waals surface area (Å²) in [4.78, 5) is 2.13. The molecule has 1 N–H and O–H groups in total. The minimum atomic E-state index is -0.113. The average molecular weight is 284 g/mol. The largest absolute Gasteiger partial charge is 0.383 e. The quantitative estimate of drug-likeness (QED) is 0.809. The van der Waals surface area contributed by atoms with Gasteiger partial charge in [0, 0.05) is 44.8 Å². The SMILES string of the molecule is COCCNCc1ccc(N2CCSCC2)c(F)c1.